The molecule has 0 aromatic heterocycles. The fraction of sp³-hybridized carbons (Fsp3) is 0.200. The number of benzene rings is 3. The first-order chi connectivity index (χ1) is 15.5. The number of imide groups is 1. The summed E-state index contributed by atoms with van der Waals surface area (Å²) < 4.78 is 5.28. The molecule has 2 aliphatic rings. The summed E-state index contributed by atoms with van der Waals surface area (Å²) in [6, 6.07) is 21.0. The van der Waals surface area contributed by atoms with E-state index in [0.29, 0.717) is 11.3 Å². The molecule has 5 rings (SSSR count). The van der Waals surface area contributed by atoms with E-state index in [1.165, 1.54) is 18.1 Å². The topological polar surface area (TPSA) is 79.3 Å². The van der Waals surface area contributed by atoms with Crippen LogP contribution in [0, 0.1) is 12.8 Å². The molecule has 2 saturated heterocycles. The largest absolute Gasteiger partial charge is 0.504 e. The van der Waals surface area contributed by atoms with Crippen molar-refractivity contribution in [2.75, 3.05) is 17.1 Å². The van der Waals surface area contributed by atoms with E-state index < -0.39 is 18.1 Å². The van der Waals surface area contributed by atoms with Gasteiger partial charge in [0, 0.05) is 0 Å². The Labute approximate surface area is 185 Å². The SMILES string of the molecule is COc1cc(C2C3C(=O)N(c4ccccc4C)C(=O)C3ON2c2ccccc2)ccc1O. The molecule has 0 bridgehead atoms. The number of carbonyl (C=O) groups is 2. The monoisotopic (exact) mass is 430 g/mol. The fourth-order valence-corrected chi connectivity index (χ4v) is 4.48. The second-order valence-electron chi connectivity index (χ2n) is 7.89. The lowest BCUT2D eigenvalue weighted by atomic mass is 9.90. The van der Waals surface area contributed by atoms with Crippen molar-refractivity contribution < 1.29 is 24.3 Å². The lowest BCUT2D eigenvalue weighted by Crippen LogP contribution is -2.37. The molecule has 3 aromatic carbocycles. The molecule has 162 valence electrons. The predicted molar refractivity (Wildman–Crippen MR) is 118 cm³/mol. The summed E-state index contributed by atoms with van der Waals surface area (Å²) in [5.41, 5.74) is 2.82. The molecular formula is C25H22N2O5. The van der Waals surface area contributed by atoms with Crippen molar-refractivity contribution in [1.29, 1.82) is 0 Å². The number of hydrogen-bond donors (Lipinski definition) is 1. The number of anilines is 2. The number of hydrogen-bond acceptors (Lipinski definition) is 6. The van der Waals surface area contributed by atoms with Gasteiger partial charge in [-0.1, -0.05) is 42.5 Å². The molecular weight excluding hydrogens is 408 g/mol. The molecule has 7 nitrogen and oxygen atoms in total. The smallest absolute Gasteiger partial charge is 0.266 e. The van der Waals surface area contributed by atoms with Gasteiger partial charge in [0.2, 0.25) is 5.91 Å². The van der Waals surface area contributed by atoms with Crippen molar-refractivity contribution in [1.82, 2.24) is 0 Å². The summed E-state index contributed by atoms with van der Waals surface area (Å²) >= 11 is 0. The molecule has 32 heavy (non-hydrogen) atoms. The van der Waals surface area contributed by atoms with Gasteiger partial charge in [0.15, 0.2) is 17.6 Å². The van der Waals surface area contributed by atoms with E-state index >= 15 is 0 Å². The van der Waals surface area contributed by atoms with E-state index in [0.717, 1.165) is 11.3 Å². The van der Waals surface area contributed by atoms with Gasteiger partial charge in [0.25, 0.3) is 5.91 Å². The zero-order valence-corrected chi connectivity index (χ0v) is 17.6. The van der Waals surface area contributed by atoms with Crippen LogP contribution in [0.3, 0.4) is 0 Å². The van der Waals surface area contributed by atoms with Crippen LogP contribution in [0.2, 0.25) is 0 Å². The van der Waals surface area contributed by atoms with E-state index in [2.05, 4.69) is 0 Å². The van der Waals surface area contributed by atoms with E-state index in [1.807, 2.05) is 49.4 Å². The lowest BCUT2D eigenvalue weighted by molar-refractivity contribution is -0.126. The maximum absolute atomic E-state index is 13.6. The van der Waals surface area contributed by atoms with Crippen LogP contribution in [0.1, 0.15) is 17.2 Å². The molecule has 3 unspecified atom stereocenters. The molecule has 1 N–H and O–H groups in total. The number of phenolic OH excluding ortho intramolecular Hbond substituents is 1. The average Bonchev–Trinajstić information content (AvgIpc) is 3.31. The highest BCUT2D eigenvalue weighted by Gasteiger charge is 2.60. The molecule has 0 radical (unpaired) electrons. The summed E-state index contributed by atoms with van der Waals surface area (Å²) in [7, 11) is 1.46. The number of aryl methyl sites for hydroxylation is 1. The normalized spacial score (nSPS) is 22.4. The first-order valence-corrected chi connectivity index (χ1v) is 10.3. The van der Waals surface area contributed by atoms with E-state index in [9.17, 15) is 14.7 Å². The number of phenols is 1. The van der Waals surface area contributed by atoms with Crippen LogP contribution < -0.4 is 14.7 Å². The van der Waals surface area contributed by atoms with Crippen molar-refractivity contribution in [2.45, 2.75) is 19.1 Å². The Hall–Kier alpha value is -3.84. The van der Waals surface area contributed by atoms with Gasteiger partial charge < -0.3 is 9.84 Å². The third-order valence-electron chi connectivity index (χ3n) is 6.03. The zero-order valence-electron chi connectivity index (χ0n) is 17.6. The molecule has 0 saturated carbocycles. The van der Waals surface area contributed by atoms with E-state index in [1.54, 1.807) is 29.3 Å². The number of methoxy groups -OCH3 is 1. The summed E-state index contributed by atoms with van der Waals surface area (Å²) in [5, 5.41) is 11.7. The van der Waals surface area contributed by atoms with Crippen LogP contribution >= 0.6 is 0 Å². The van der Waals surface area contributed by atoms with E-state index in [-0.39, 0.29) is 23.3 Å². The number of hydroxylamine groups is 1. The Morgan fingerprint density at radius 2 is 1.66 bits per heavy atom. The van der Waals surface area contributed by atoms with Gasteiger partial charge >= 0.3 is 0 Å². The maximum Gasteiger partial charge on any atom is 0.266 e. The van der Waals surface area contributed by atoms with Crippen molar-refractivity contribution in [2.24, 2.45) is 5.92 Å². The first kappa shape index (κ1) is 20.1. The van der Waals surface area contributed by atoms with Gasteiger partial charge in [0.1, 0.15) is 5.92 Å². The maximum atomic E-state index is 13.6. The second-order valence-corrected chi connectivity index (χ2v) is 7.89. The fourth-order valence-electron chi connectivity index (χ4n) is 4.48. The summed E-state index contributed by atoms with van der Waals surface area (Å²) in [4.78, 5) is 34.4. The first-order valence-electron chi connectivity index (χ1n) is 10.3. The third-order valence-corrected chi connectivity index (χ3v) is 6.03. The number of aromatic hydroxyl groups is 1. The number of amides is 2. The summed E-state index contributed by atoms with van der Waals surface area (Å²) in [6.07, 6.45) is -0.952. The molecule has 2 fully saturated rings. The Bertz CT molecular complexity index is 1200. The minimum absolute atomic E-state index is 0.00617. The van der Waals surface area contributed by atoms with Crippen LogP contribution in [0.5, 0.6) is 11.5 Å². The van der Waals surface area contributed by atoms with Crippen molar-refractivity contribution in [3.8, 4) is 11.5 Å². The van der Waals surface area contributed by atoms with Gasteiger partial charge in [0.05, 0.1) is 24.5 Å². The number of carbonyl (C=O) groups excluding carboxylic acids is 2. The molecule has 0 spiro atoms. The number of rotatable bonds is 4. The number of para-hydroxylation sites is 2. The van der Waals surface area contributed by atoms with Crippen molar-refractivity contribution >= 4 is 23.2 Å². The Balaban J connectivity index is 1.62. The van der Waals surface area contributed by atoms with Gasteiger partial charge in [-0.25, -0.2) is 9.96 Å². The minimum Gasteiger partial charge on any atom is -0.504 e. The van der Waals surface area contributed by atoms with Gasteiger partial charge in [-0.15, -0.1) is 0 Å². The van der Waals surface area contributed by atoms with Crippen LogP contribution in [-0.2, 0) is 14.4 Å². The number of ether oxygens (including phenoxy) is 1. The number of fused-ring (bicyclic) bond motifs is 1. The van der Waals surface area contributed by atoms with Crippen LogP contribution in [-0.4, -0.2) is 30.1 Å². The molecule has 7 heteroatoms. The highest BCUT2D eigenvalue weighted by Crippen LogP contribution is 2.48. The number of nitrogens with zero attached hydrogens (tertiary/aromatic N) is 2. The lowest BCUT2D eigenvalue weighted by Gasteiger charge is -2.29. The second kappa shape index (κ2) is 7.69. The molecule has 2 aliphatic heterocycles. The quantitative estimate of drug-likeness (QED) is 0.635. The Morgan fingerprint density at radius 1 is 0.938 bits per heavy atom. The van der Waals surface area contributed by atoms with Crippen LogP contribution in [0.15, 0.2) is 72.8 Å². The molecule has 2 heterocycles. The van der Waals surface area contributed by atoms with Crippen LogP contribution in [0.4, 0.5) is 11.4 Å². The van der Waals surface area contributed by atoms with Crippen LogP contribution in [0.25, 0.3) is 0 Å². The molecule has 3 atom stereocenters. The van der Waals surface area contributed by atoms with Crippen molar-refractivity contribution in [3.05, 3.63) is 83.9 Å². The average molecular weight is 430 g/mol. The van der Waals surface area contributed by atoms with Crippen molar-refractivity contribution in [3.63, 3.8) is 0 Å². The molecule has 2 amide bonds. The minimum atomic E-state index is -0.952. The zero-order chi connectivity index (χ0) is 22.4. The standard InChI is InChI=1S/C25H22N2O5/c1-15-8-6-7-11-18(15)26-24(29)21-22(16-12-13-19(28)20(14-16)31-2)27(32-23(21)25(26)30)17-9-4-3-5-10-17/h3-14,21-23,28H,1-2H3. The molecule has 3 aromatic rings. The van der Waals surface area contributed by atoms with E-state index in [4.69, 9.17) is 9.57 Å². The highest BCUT2D eigenvalue weighted by molar-refractivity contribution is 6.24. The highest BCUT2D eigenvalue weighted by atomic mass is 16.7. The van der Waals surface area contributed by atoms with Gasteiger partial charge in [-0.2, -0.15) is 0 Å². The summed E-state index contributed by atoms with van der Waals surface area (Å²) in [6.45, 7) is 1.86. The molecule has 0 aliphatic carbocycles. The summed E-state index contributed by atoms with van der Waals surface area (Å²) in [5.74, 6) is -1.18. The third kappa shape index (κ3) is 3.01. The Kier molecular flexibility index (Phi) is 4.83. The Morgan fingerprint density at radius 3 is 2.38 bits per heavy atom. The van der Waals surface area contributed by atoms with Gasteiger partial charge in [-0.3, -0.25) is 14.4 Å². The van der Waals surface area contributed by atoms with Gasteiger partial charge in [-0.05, 0) is 48.4 Å². The predicted octanol–water partition coefficient (Wildman–Crippen LogP) is 3.76.